The van der Waals surface area contributed by atoms with Crippen molar-refractivity contribution in [1.29, 1.82) is 5.26 Å². The quantitative estimate of drug-likeness (QED) is 0.795. The van der Waals surface area contributed by atoms with Crippen LogP contribution in [0.4, 0.5) is 0 Å². The van der Waals surface area contributed by atoms with Crippen LogP contribution in [0.2, 0.25) is 0 Å². The first-order valence-electron chi connectivity index (χ1n) is 5.52. The normalized spacial score (nSPS) is 9.95. The van der Waals surface area contributed by atoms with Crippen LogP contribution in [-0.2, 0) is 0 Å². The molecule has 0 unspecified atom stereocenters. The number of Topliss-reactive ketones (excluding diaryl/α,β-unsaturated/α-hetero) is 1. The van der Waals surface area contributed by atoms with Gasteiger partial charge in [-0.05, 0) is 37.3 Å². The SMILES string of the molecule is Cc1ccc(C(=O)COc2ccc(Br)cc2C#N)s1. The second-order valence-electron chi connectivity index (χ2n) is 3.87. The number of hydrogen-bond acceptors (Lipinski definition) is 4. The summed E-state index contributed by atoms with van der Waals surface area (Å²) in [5.41, 5.74) is 0.407. The van der Waals surface area contributed by atoms with Crippen molar-refractivity contribution in [1.82, 2.24) is 0 Å². The summed E-state index contributed by atoms with van der Waals surface area (Å²) < 4.78 is 6.22. The van der Waals surface area contributed by atoms with E-state index in [1.165, 1.54) is 11.3 Å². The van der Waals surface area contributed by atoms with Gasteiger partial charge in [-0.2, -0.15) is 5.26 Å². The van der Waals surface area contributed by atoms with Crippen LogP contribution < -0.4 is 4.74 Å². The predicted molar refractivity (Wildman–Crippen MR) is 77.7 cm³/mol. The number of ketones is 1. The molecule has 1 heterocycles. The zero-order chi connectivity index (χ0) is 13.8. The van der Waals surface area contributed by atoms with E-state index in [0.29, 0.717) is 16.2 Å². The van der Waals surface area contributed by atoms with Crippen LogP contribution in [0.25, 0.3) is 0 Å². The molecule has 5 heteroatoms. The second-order valence-corrected chi connectivity index (χ2v) is 6.08. The lowest BCUT2D eigenvalue weighted by Gasteiger charge is -2.06. The molecule has 0 radical (unpaired) electrons. The van der Waals surface area contributed by atoms with E-state index < -0.39 is 0 Å². The number of nitriles is 1. The van der Waals surface area contributed by atoms with Crippen LogP contribution in [0.15, 0.2) is 34.8 Å². The zero-order valence-corrected chi connectivity index (χ0v) is 12.5. The summed E-state index contributed by atoms with van der Waals surface area (Å²) in [5, 5.41) is 8.99. The average molecular weight is 336 g/mol. The van der Waals surface area contributed by atoms with E-state index in [4.69, 9.17) is 10.00 Å². The molecule has 19 heavy (non-hydrogen) atoms. The molecule has 0 fully saturated rings. The van der Waals surface area contributed by atoms with Gasteiger partial charge in [0.1, 0.15) is 11.8 Å². The molecule has 2 rings (SSSR count). The molecule has 1 aromatic heterocycles. The summed E-state index contributed by atoms with van der Waals surface area (Å²) >= 11 is 4.73. The maximum absolute atomic E-state index is 11.9. The van der Waals surface area contributed by atoms with Gasteiger partial charge in [-0.3, -0.25) is 4.79 Å². The summed E-state index contributed by atoms with van der Waals surface area (Å²) in [6.45, 7) is 1.89. The van der Waals surface area contributed by atoms with Crippen molar-refractivity contribution in [2.45, 2.75) is 6.92 Å². The van der Waals surface area contributed by atoms with Crippen molar-refractivity contribution >= 4 is 33.0 Å². The Morgan fingerprint density at radius 3 is 2.84 bits per heavy atom. The first kappa shape index (κ1) is 13.8. The highest BCUT2D eigenvalue weighted by molar-refractivity contribution is 9.10. The monoisotopic (exact) mass is 335 g/mol. The topological polar surface area (TPSA) is 50.1 Å². The fraction of sp³-hybridized carbons (Fsp3) is 0.143. The highest BCUT2D eigenvalue weighted by Gasteiger charge is 2.11. The standard InChI is InChI=1S/C14H10BrNO2S/c1-9-2-5-14(19-9)12(17)8-18-13-4-3-11(15)6-10(13)7-16/h2-6H,8H2,1H3. The van der Waals surface area contributed by atoms with Crippen molar-refractivity contribution < 1.29 is 9.53 Å². The van der Waals surface area contributed by atoms with Crippen molar-refractivity contribution in [3.8, 4) is 11.8 Å². The molecule has 0 aliphatic carbocycles. The highest BCUT2D eigenvalue weighted by Crippen LogP contribution is 2.23. The molecule has 0 saturated heterocycles. The lowest BCUT2D eigenvalue weighted by molar-refractivity contribution is 0.0925. The molecule has 0 saturated carbocycles. The number of benzene rings is 1. The minimum Gasteiger partial charge on any atom is -0.484 e. The van der Waals surface area contributed by atoms with Gasteiger partial charge in [0, 0.05) is 9.35 Å². The summed E-state index contributed by atoms with van der Waals surface area (Å²) in [5.74, 6) is 0.345. The third-order valence-corrected chi connectivity index (χ3v) is 3.97. The predicted octanol–water partition coefficient (Wildman–Crippen LogP) is 3.95. The Morgan fingerprint density at radius 1 is 1.42 bits per heavy atom. The number of rotatable bonds is 4. The molecule has 1 aromatic carbocycles. The fourth-order valence-corrected chi connectivity index (χ4v) is 2.67. The van der Waals surface area contributed by atoms with Crippen LogP contribution in [0.5, 0.6) is 5.75 Å². The molecule has 96 valence electrons. The Morgan fingerprint density at radius 2 is 2.21 bits per heavy atom. The summed E-state index contributed by atoms with van der Waals surface area (Å²) in [4.78, 5) is 13.7. The first-order valence-corrected chi connectivity index (χ1v) is 7.13. The lowest BCUT2D eigenvalue weighted by atomic mass is 10.2. The number of aryl methyl sites for hydroxylation is 1. The molecule has 0 aliphatic heterocycles. The van der Waals surface area contributed by atoms with Crippen LogP contribution in [-0.4, -0.2) is 12.4 Å². The minimum absolute atomic E-state index is 0.0593. The Kier molecular flexibility index (Phi) is 4.35. The second kappa shape index (κ2) is 6.00. The van der Waals surface area contributed by atoms with E-state index in [2.05, 4.69) is 15.9 Å². The number of ether oxygens (including phenoxy) is 1. The molecule has 0 atom stereocenters. The maximum Gasteiger partial charge on any atom is 0.210 e. The van der Waals surface area contributed by atoms with Crippen LogP contribution in [0, 0.1) is 18.3 Å². The van der Waals surface area contributed by atoms with E-state index in [1.807, 2.05) is 19.1 Å². The molecule has 0 N–H and O–H groups in total. The Labute approximate surface area is 123 Å². The summed E-state index contributed by atoms with van der Waals surface area (Å²) in [6, 6.07) is 10.8. The number of carbonyl (C=O) groups is 1. The van der Waals surface area contributed by atoms with E-state index in [-0.39, 0.29) is 12.4 Å². The average Bonchev–Trinajstić information content (AvgIpc) is 2.83. The zero-order valence-electron chi connectivity index (χ0n) is 10.1. The fourth-order valence-electron chi connectivity index (χ4n) is 1.51. The van der Waals surface area contributed by atoms with Crippen molar-refractivity contribution in [3.05, 3.63) is 50.1 Å². The molecule has 2 aromatic rings. The van der Waals surface area contributed by atoms with E-state index in [1.54, 1.807) is 24.3 Å². The number of halogens is 1. The smallest absolute Gasteiger partial charge is 0.210 e. The largest absolute Gasteiger partial charge is 0.484 e. The molecule has 0 amide bonds. The minimum atomic E-state index is -0.0788. The van der Waals surface area contributed by atoms with Gasteiger partial charge >= 0.3 is 0 Å². The van der Waals surface area contributed by atoms with Crippen LogP contribution in [0.3, 0.4) is 0 Å². The van der Waals surface area contributed by atoms with Gasteiger partial charge in [-0.1, -0.05) is 15.9 Å². The van der Waals surface area contributed by atoms with Gasteiger partial charge in [0.25, 0.3) is 0 Å². The van der Waals surface area contributed by atoms with Gasteiger partial charge in [-0.25, -0.2) is 0 Å². The third kappa shape index (κ3) is 3.43. The van der Waals surface area contributed by atoms with Gasteiger partial charge in [0.15, 0.2) is 6.61 Å². The van der Waals surface area contributed by atoms with Crippen molar-refractivity contribution in [2.24, 2.45) is 0 Å². The van der Waals surface area contributed by atoms with Crippen molar-refractivity contribution in [2.75, 3.05) is 6.61 Å². The van der Waals surface area contributed by atoms with E-state index >= 15 is 0 Å². The number of hydrogen-bond donors (Lipinski definition) is 0. The molecular weight excluding hydrogens is 326 g/mol. The molecule has 0 spiro atoms. The maximum atomic E-state index is 11.9. The third-order valence-electron chi connectivity index (χ3n) is 2.44. The van der Waals surface area contributed by atoms with E-state index in [9.17, 15) is 4.79 Å². The summed E-state index contributed by atoms with van der Waals surface area (Å²) in [7, 11) is 0. The Hall–Kier alpha value is -1.64. The number of thiophene rings is 1. The van der Waals surface area contributed by atoms with Gasteiger partial charge < -0.3 is 4.74 Å². The Balaban J connectivity index is 2.07. The lowest BCUT2D eigenvalue weighted by Crippen LogP contribution is -2.10. The molecular formula is C14H10BrNO2S. The van der Waals surface area contributed by atoms with E-state index in [0.717, 1.165) is 9.35 Å². The van der Waals surface area contributed by atoms with Gasteiger partial charge in [0.05, 0.1) is 10.4 Å². The Bertz CT molecular complexity index is 658. The highest BCUT2D eigenvalue weighted by atomic mass is 79.9. The van der Waals surface area contributed by atoms with Crippen LogP contribution in [0.1, 0.15) is 20.1 Å². The molecule has 0 bridgehead atoms. The summed E-state index contributed by atoms with van der Waals surface area (Å²) in [6.07, 6.45) is 0. The van der Waals surface area contributed by atoms with Gasteiger partial charge in [0.2, 0.25) is 5.78 Å². The van der Waals surface area contributed by atoms with Gasteiger partial charge in [-0.15, -0.1) is 11.3 Å². The molecule has 3 nitrogen and oxygen atoms in total. The van der Waals surface area contributed by atoms with Crippen molar-refractivity contribution in [3.63, 3.8) is 0 Å². The van der Waals surface area contributed by atoms with Crippen LogP contribution >= 0.6 is 27.3 Å². The number of carbonyl (C=O) groups excluding carboxylic acids is 1. The molecule has 0 aliphatic rings. The number of nitrogens with zero attached hydrogens (tertiary/aromatic N) is 1. The first-order chi connectivity index (χ1) is 9.10.